The monoisotopic (exact) mass is 615 g/mol. The molecule has 10 aromatic rings. The fourth-order valence-corrected chi connectivity index (χ4v) is 6.83. The molecule has 0 N–H and O–H groups in total. The summed E-state index contributed by atoms with van der Waals surface area (Å²) in [5.74, 6) is 1.83. The molecule has 0 fully saturated rings. The summed E-state index contributed by atoms with van der Waals surface area (Å²) in [6, 6.07) is 51.5. The van der Waals surface area contributed by atoms with Gasteiger partial charge in [0, 0.05) is 38.2 Å². The zero-order valence-electron chi connectivity index (χ0n) is 25.6. The number of para-hydroxylation sites is 2. The van der Waals surface area contributed by atoms with E-state index in [1.807, 2.05) is 66.7 Å². The molecule has 5 heteroatoms. The highest BCUT2D eigenvalue weighted by atomic mass is 16.3. The Hall–Kier alpha value is -6.59. The van der Waals surface area contributed by atoms with Gasteiger partial charge in [-0.2, -0.15) is 0 Å². The first kappa shape index (κ1) is 26.6. The van der Waals surface area contributed by atoms with Crippen LogP contribution in [0.2, 0.25) is 0 Å². The maximum absolute atomic E-state index is 6.58. The Morgan fingerprint density at radius 3 is 1.44 bits per heavy atom. The van der Waals surface area contributed by atoms with E-state index in [0.29, 0.717) is 17.5 Å². The van der Waals surface area contributed by atoms with Crippen LogP contribution in [0, 0.1) is 0 Å². The maximum atomic E-state index is 6.58. The fraction of sp³-hybridized carbons (Fsp3) is 0. The zero-order chi connectivity index (χ0) is 31.6. The Kier molecular flexibility index (Phi) is 5.81. The van der Waals surface area contributed by atoms with Crippen LogP contribution in [-0.2, 0) is 0 Å². The Bertz CT molecular complexity index is 2820. The number of hydrogen-bond donors (Lipinski definition) is 0. The summed E-state index contributed by atoms with van der Waals surface area (Å²) < 4.78 is 13.1. The minimum atomic E-state index is 0.592. The molecular weight excluding hydrogens is 590 g/mol. The van der Waals surface area contributed by atoms with Gasteiger partial charge >= 0.3 is 0 Å². The van der Waals surface area contributed by atoms with E-state index in [4.69, 9.17) is 23.8 Å². The van der Waals surface area contributed by atoms with E-state index in [-0.39, 0.29) is 0 Å². The number of fused-ring (bicyclic) bond motifs is 10. The molecule has 0 spiro atoms. The van der Waals surface area contributed by atoms with Gasteiger partial charge in [0.1, 0.15) is 22.3 Å². The minimum Gasteiger partial charge on any atom is -0.455 e. The third-order valence-corrected chi connectivity index (χ3v) is 9.13. The molecule has 0 aliphatic carbocycles. The number of hydrogen-bond acceptors (Lipinski definition) is 5. The van der Waals surface area contributed by atoms with E-state index in [0.717, 1.165) is 82.5 Å². The highest BCUT2D eigenvalue weighted by Gasteiger charge is 2.22. The molecular formula is C43H25N3O2. The van der Waals surface area contributed by atoms with Crippen molar-refractivity contribution in [1.82, 2.24) is 15.0 Å². The van der Waals surface area contributed by atoms with E-state index >= 15 is 0 Å². The van der Waals surface area contributed by atoms with Crippen molar-refractivity contribution in [2.45, 2.75) is 0 Å². The molecule has 0 amide bonds. The van der Waals surface area contributed by atoms with Crippen LogP contribution in [0.25, 0.3) is 99.9 Å². The molecule has 0 saturated carbocycles. The summed E-state index contributed by atoms with van der Waals surface area (Å²) in [6.07, 6.45) is 0. The summed E-state index contributed by atoms with van der Waals surface area (Å²) in [5.41, 5.74) is 8.31. The fourth-order valence-electron chi connectivity index (χ4n) is 6.83. The molecule has 48 heavy (non-hydrogen) atoms. The van der Waals surface area contributed by atoms with E-state index in [1.165, 1.54) is 0 Å². The summed E-state index contributed by atoms with van der Waals surface area (Å²) in [6.45, 7) is 0. The lowest BCUT2D eigenvalue weighted by Gasteiger charge is -2.10. The molecule has 0 bridgehead atoms. The minimum absolute atomic E-state index is 0.592. The van der Waals surface area contributed by atoms with E-state index in [1.54, 1.807) is 0 Å². The Morgan fingerprint density at radius 2 is 0.771 bits per heavy atom. The molecule has 3 heterocycles. The summed E-state index contributed by atoms with van der Waals surface area (Å²) in [4.78, 5) is 15.0. The van der Waals surface area contributed by atoms with Gasteiger partial charge in [-0.25, -0.2) is 15.0 Å². The first-order valence-corrected chi connectivity index (χ1v) is 15.9. The second kappa shape index (κ2) is 10.5. The van der Waals surface area contributed by atoms with E-state index < -0.39 is 0 Å². The van der Waals surface area contributed by atoms with Gasteiger partial charge in [-0.1, -0.05) is 133 Å². The van der Waals surface area contributed by atoms with Crippen molar-refractivity contribution >= 4 is 54.6 Å². The normalized spacial score (nSPS) is 11.8. The van der Waals surface area contributed by atoms with Crippen molar-refractivity contribution in [3.63, 3.8) is 0 Å². The summed E-state index contributed by atoms with van der Waals surface area (Å²) in [7, 11) is 0. The molecule has 0 radical (unpaired) electrons. The first-order valence-electron chi connectivity index (χ1n) is 15.9. The van der Waals surface area contributed by atoms with Crippen molar-refractivity contribution in [2.24, 2.45) is 0 Å². The van der Waals surface area contributed by atoms with Gasteiger partial charge < -0.3 is 8.83 Å². The van der Waals surface area contributed by atoms with Crippen LogP contribution in [0.5, 0.6) is 0 Å². The number of rotatable bonds is 4. The van der Waals surface area contributed by atoms with Gasteiger partial charge in [0.2, 0.25) is 0 Å². The molecule has 0 atom stereocenters. The largest absolute Gasteiger partial charge is 0.455 e. The number of aromatic nitrogens is 3. The summed E-state index contributed by atoms with van der Waals surface area (Å²) >= 11 is 0. The topological polar surface area (TPSA) is 65.0 Å². The number of furan rings is 2. The van der Waals surface area contributed by atoms with Gasteiger partial charge in [0.25, 0.3) is 0 Å². The SMILES string of the molecule is c1ccc(-c2ccc(-c3nc(-c4ccccc4)nc(-c4ccc5c(c4)c4oc6ccccc6c4c4oc6ccccc6c54)n3)cc2)cc1. The molecule has 5 nitrogen and oxygen atoms in total. The Morgan fingerprint density at radius 1 is 0.312 bits per heavy atom. The number of benzene rings is 7. The van der Waals surface area contributed by atoms with Crippen LogP contribution < -0.4 is 0 Å². The van der Waals surface area contributed by atoms with Crippen LogP contribution in [0.4, 0.5) is 0 Å². The molecule has 0 aliphatic heterocycles. The van der Waals surface area contributed by atoms with Crippen LogP contribution in [-0.4, -0.2) is 15.0 Å². The number of nitrogens with zero attached hydrogens (tertiary/aromatic N) is 3. The lowest BCUT2D eigenvalue weighted by Crippen LogP contribution is -2.00. The van der Waals surface area contributed by atoms with Crippen LogP contribution in [0.15, 0.2) is 160 Å². The maximum Gasteiger partial charge on any atom is 0.164 e. The Balaban J connectivity index is 1.21. The second-order valence-corrected chi connectivity index (χ2v) is 12.0. The standard InChI is InChI=1S/C43H25N3O2/c1-3-11-26(12-4-1)27-19-21-29(22-20-27)42-44-41(28-13-5-2-6-14-28)45-43(46-42)30-23-24-31-34(25-30)39-38(33-16-8-10-18-36(33)47-39)40-37(31)32-15-7-9-17-35(32)48-40/h1-25H. The van der Waals surface area contributed by atoms with Crippen LogP contribution >= 0.6 is 0 Å². The highest BCUT2D eigenvalue weighted by molar-refractivity contribution is 6.33. The van der Waals surface area contributed by atoms with Crippen molar-refractivity contribution in [3.05, 3.63) is 152 Å². The average Bonchev–Trinajstić information content (AvgIpc) is 3.75. The van der Waals surface area contributed by atoms with Crippen molar-refractivity contribution in [2.75, 3.05) is 0 Å². The van der Waals surface area contributed by atoms with E-state index in [9.17, 15) is 0 Å². The average molecular weight is 616 g/mol. The molecule has 0 aliphatic rings. The van der Waals surface area contributed by atoms with Gasteiger partial charge in [0.15, 0.2) is 17.5 Å². The summed E-state index contributed by atoms with van der Waals surface area (Å²) in [5, 5.41) is 6.18. The second-order valence-electron chi connectivity index (χ2n) is 12.0. The van der Waals surface area contributed by atoms with E-state index in [2.05, 4.69) is 84.9 Å². The molecule has 224 valence electrons. The predicted molar refractivity (Wildman–Crippen MR) is 194 cm³/mol. The van der Waals surface area contributed by atoms with Gasteiger partial charge in [-0.3, -0.25) is 0 Å². The predicted octanol–water partition coefficient (Wildman–Crippen LogP) is 11.5. The molecule has 7 aromatic carbocycles. The van der Waals surface area contributed by atoms with Crippen molar-refractivity contribution in [1.29, 1.82) is 0 Å². The third kappa shape index (κ3) is 4.15. The quantitative estimate of drug-likeness (QED) is 0.197. The Labute approximate surface area is 274 Å². The van der Waals surface area contributed by atoms with Crippen LogP contribution in [0.1, 0.15) is 0 Å². The van der Waals surface area contributed by atoms with Crippen molar-refractivity contribution < 1.29 is 8.83 Å². The van der Waals surface area contributed by atoms with Crippen LogP contribution in [0.3, 0.4) is 0 Å². The zero-order valence-corrected chi connectivity index (χ0v) is 25.6. The first-order chi connectivity index (χ1) is 23.8. The highest BCUT2D eigenvalue weighted by Crippen LogP contribution is 2.45. The van der Waals surface area contributed by atoms with Gasteiger partial charge in [-0.05, 0) is 34.7 Å². The van der Waals surface area contributed by atoms with Gasteiger partial charge in [0.05, 0.1) is 5.39 Å². The van der Waals surface area contributed by atoms with Gasteiger partial charge in [-0.15, -0.1) is 0 Å². The molecule has 3 aromatic heterocycles. The lowest BCUT2D eigenvalue weighted by molar-refractivity contribution is 0.665. The third-order valence-electron chi connectivity index (χ3n) is 9.13. The lowest BCUT2D eigenvalue weighted by atomic mass is 9.98. The smallest absolute Gasteiger partial charge is 0.164 e. The molecule has 10 rings (SSSR count). The molecule has 0 saturated heterocycles. The van der Waals surface area contributed by atoms with Crippen molar-refractivity contribution in [3.8, 4) is 45.3 Å². The molecule has 0 unspecified atom stereocenters.